The van der Waals surface area contributed by atoms with Gasteiger partial charge in [-0.05, 0) is 75.0 Å². The molecule has 4 heterocycles. The van der Waals surface area contributed by atoms with Gasteiger partial charge in [0.05, 0.1) is 11.9 Å². The zero-order valence-electron chi connectivity index (χ0n) is 21.3. The standard InChI is InChI=1S/C28H32N8O/c1-3-28(37)13-12-18-4-11-24(32-25(18)28)33-26-19(14-29)15-30-27(34-26)31-20-5-7-21(8-6-20)36-22-9-10-23(36)17-35(2)16-22/h4-8,11,15,22-23,37H,3,9-10,12-13,16-17H2,1-2H3,(H2,30,31,32,33,34)/t22?,23?,28-/m1/s1. The second-order valence-electron chi connectivity index (χ2n) is 10.5. The van der Waals surface area contributed by atoms with Crippen molar-refractivity contribution in [2.24, 2.45) is 0 Å². The Kier molecular flexibility index (Phi) is 5.94. The van der Waals surface area contributed by atoms with Crippen LogP contribution in [0.3, 0.4) is 0 Å². The second kappa shape index (κ2) is 9.29. The van der Waals surface area contributed by atoms with E-state index < -0.39 is 5.60 Å². The Bertz CT molecular complexity index is 1340. The molecule has 6 rings (SSSR count). The molecular formula is C28H32N8O. The van der Waals surface area contributed by atoms with Gasteiger partial charge in [-0.1, -0.05) is 13.0 Å². The summed E-state index contributed by atoms with van der Waals surface area (Å²) in [6.45, 7) is 4.19. The number of nitrogens with zero attached hydrogens (tertiary/aromatic N) is 6. The average Bonchev–Trinajstić information content (AvgIpc) is 3.38. The van der Waals surface area contributed by atoms with Crippen LogP contribution in [0.25, 0.3) is 0 Å². The minimum atomic E-state index is -0.903. The van der Waals surface area contributed by atoms with Gasteiger partial charge in [-0.3, -0.25) is 0 Å². The van der Waals surface area contributed by atoms with E-state index in [0.717, 1.165) is 30.8 Å². The normalized spacial score (nSPS) is 24.5. The van der Waals surface area contributed by atoms with Crippen LogP contribution in [0, 0.1) is 11.3 Å². The smallest absolute Gasteiger partial charge is 0.229 e. The van der Waals surface area contributed by atoms with Crippen molar-refractivity contribution in [1.29, 1.82) is 5.26 Å². The van der Waals surface area contributed by atoms with Gasteiger partial charge in [-0.2, -0.15) is 10.2 Å². The van der Waals surface area contributed by atoms with Gasteiger partial charge in [0.1, 0.15) is 23.1 Å². The lowest BCUT2D eigenvalue weighted by molar-refractivity contribution is 0.0307. The monoisotopic (exact) mass is 496 g/mol. The predicted octanol–water partition coefficient (Wildman–Crippen LogP) is 4.06. The maximum atomic E-state index is 10.9. The fraction of sp³-hybridized carbons (Fsp3) is 0.429. The Balaban J connectivity index is 1.20. The molecule has 190 valence electrons. The largest absolute Gasteiger partial charge is 0.384 e. The first kappa shape index (κ1) is 23.6. The van der Waals surface area contributed by atoms with Gasteiger partial charge in [0, 0.05) is 36.5 Å². The zero-order chi connectivity index (χ0) is 25.6. The Morgan fingerprint density at radius 2 is 1.84 bits per heavy atom. The summed E-state index contributed by atoms with van der Waals surface area (Å²) < 4.78 is 0. The molecule has 2 aliphatic heterocycles. The minimum Gasteiger partial charge on any atom is -0.384 e. The molecule has 0 spiro atoms. The van der Waals surface area contributed by atoms with E-state index in [1.807, 2.05) is 19.1 Å². The lowest BCUT2D eigenvalue weighted by Gasteiger charge is -2.41. The van der Waals surface area contributed by atoms with Crippen molar-refractivity contribution in [3.05, 3.63) is 59.4 Å². The number of rotatable bonds is 6. The number of piperazine rings is 1. The maximum absolute atomic E-state index is 10.9. The van der Waals surface area contributed by atoms with Gasteiger partial charge in [0.15, 0.2) is 5.82 Å². The van der Waals surface area contributed by atoms with E-state index in [1.165, 1.54) is 24.7 Å². The molecule has 2 aromatic heterocycles. The van der Waals surface area contributed by atoms with Crippen LogP contribution in [-0.2, 0) is 12.0 Å². The quantitative estimate of drug-likeness (QED) is 0.465. The summed E-state index contributed by atoms with van der Waals surface area (Å²) in [5, 5.41) is 27.0. The number of hydrogen-bond donors (Lipinski definition) is 3. The van der Waals surface area contributed by atoms with Crippen molar-refractivity contribution in [3.8, 4) is 6.07 Å². The number of fused-ring (bicyclic) bond motifs is 3. The highest BCUT2D eigenvalue weighted by Gasteiger charge is 2.39. The van der Waals surface area contributed by atoms with E-state index >= 15 is 0 Å². The van der Waals surface area contributed by atoms with Crippen LogP contribution in [0.1, 0.15) is 49.4 Å². The number of aromatic nitrogens is 3. The molecule has 3 N–H and O–H groups in total. The molecule has 3 aliphatic rings. The van der Waals surface area contributed by atoms with Crippen LogP contribution in [0.5, 0.6) is 0 Å². The van der Waals surface area contributed by atoms with E-state index in [9.17, 15) is 10.4 Å². The molecule has 2 unspecified atom stereocenters. The van der Waals surface area contributed by atoms with E-state index in [1.54, 1.807) is 0 Å². The first-order chi connectivity index (χ1) is 18.0. The summed E-state index contributed by atoms with van der Waals surface area (Å²) in [5.41, 5.74) is 3.32. The molecule has 3 atom stereocenters. The summed E-state index contributed by atoms with van der Waals surface area (Å²) in [6, 6.07) is 15.6. The van der Waals surface area contributed by atoms with Crippen LogP contribution in [0.15, 0.2) is 42.6 Å². The number of likely N-dealkylation sites (tertiary alicyclic amines) is 1. The van der Waals surface area contributed by atoms with Crippen LogP contribution < -0.4 is 15.5 Å². The van der Waals surface area contributed by atoms with E-state index in [2.05, 4.69) is 72.8 Å². The highest BCUT2D eigenvalue weighted by Crippen LogP contribution is 2.39. The summed E-state index contributed by atoms with van der Waals surface area (Å²) in [6.07, 6.45) is 6.10. The molecule has 2 fully saturated rings. The fourth-order valence-electron chi connectivity index (χ4n) is 6.09. The number of nitriles is 1. The molecule has 1 aromatic carbocycles. The van der Waals surface area contributed by atoms with Crippen molar-refractivity contribution in [1.82, 2.24) is 19.9 Å². The molecule has 2 bridgehead atoms. The summed E-state index contributed by atoms with van der Waals surface area (Å²) >= 11 is 0. The molecule has 0 amide bonds. The molecule has 9 heteroatoms. The lowest BCUT2D eigenvalue weighted by Crippen LogP contribution is -2.52. The topological polar surface area (TPSA) is 113 Å². The highest BCUT2D eigenvalue weighted by atomic mass is 16.3. The Morgan fingerprint density at radius 1 is 1.08 bits per heavy atom. The molecule has 9 nitrogen and oxygen atoms in total. The van der Waals surface area contributed by atoms with E-state index in [4.69, 9.17) is 0 Å². The molecule has 1 aliphatic carbocycles. The third-order valence-electron chi connectivity index (χ3n) is 8.05. The number of aliphatic hydroxyl groups is 1. The van der Waals surface area contributed by atoms with Crippen molar-refractivity contribution in [2.45, 2.75) is 56.7 Å². The van der Waals surface area contributed by atoms with Gasteiger partial charge in [-0.25, -0.2) is 9.97 Å². The van der Waals surface area contributed by atoms with Gasteiger partial charge < -0.3 is 25.5 Å². The summed E-state index contributed by atoms with van der Waals surface area (Å²) in [7, 11) is 2.21. The Hall–Kier alpha value is -3.74. The Labute approximate surface area is 217 Å². The summed E-state index contributed by atoms with van der Waals surface area (Å²) in [5.74, 6) is 1.30. The average molecular weight is 497 g/mol. The number of nitrogens with one attached hydrogen (secondary N) is 2. The Morgan fingerprint density at radius 3 is 2.54 bits per heavy atom. The predicted molar refractivity (Wildman–Crippen MR) is 143 cm³/mol. The molecule has 0 radical (unpaired) electrons. The van der Waals surface area contributed by atoms with E-state index in [-0.39, 0.29) is 0 Å². The highest BCUT2D eigenvalue weighted by molar-refractivity contribution is 5.65. The molecule has 3 aromatic rings. The van der Waals surface area contributed by atoms with Crippen LogP contribution >= 0.6 is 0 Å². The van der Waals surface area contributed by atoms with Crippen LogP contribution in [0.2, 0.25) is 0 Å². The van der Waals surface area contributed by atoms with Crippen molar-refractivity contribution in [3.63, 3.8) is 0 Å². The number of benzene rings is 1. The third kappa shape index (κ3) is 4.37. The SMILES string of the molecule is CC[C@@]1(O)CCc2ccc(Nc3nc(Nc4ccc(N5C6CCC5CN(C)C6)cc4)ncc3C#N)nc21. The van der Waals surface area contributed by atoms with Gasteiger partial charge in [0.25, 0.3) is 0 Å². The van der Waals surface area contributed by atoms with Crippen molar-refractivity contribution < 1.29 is 5.11 Å². The van der Waals surface area contributed by atoms with Crippen molar-refractivity contribution in [2.75, 3.05) is 35.7 Å². The van der Waals surface area contributed by atoms with Crippen molar-refractivity contribution >= 4 is 29.0 Å². The maximum Gasteiger partial charge on any atom is 0.229 e. The summed E-state index contributed by atoms with van der Waals surface area (Å²) in [4.78, 5) is 18.6. The minimum absolute atomic E-state index is 0.319. The lowest BCUT2D eigenvalue weighted by atomic mass is 9.98. The van der Waals surface area contributed by atoms with Gasteiger partial charge in [-0.15, -0.1) is 0 Å². The number of anilines is 5. The molecule has 0 saturated carbocycles. The number of hydrogen-bond acceptors (Lipinski definition) is 9. The first-order valence-electron chi connectivity index (χ1n) is 13.1. The fourth-order valence-corrected chi connectivity index (χ4v) is 6.09. The van der Waals surface area contributed by atoms with Gasteiger partial charge in [0.2, 0.25) is 5.95 Å². The molecule has 37 heavy (non-hydrogen) atoms. The van der Waals surface area contributed by atoms with Gasteiger partial charge >= 0.3 is 0 Å². The first-order valence-corrected chi connectivity index (χ1v) is 13.1. The third-order valence-corrected chi connectivity index (χ3v) is 8.05. The zero-order valence-corrected chi connectivity index (χ0v) is 21.3. The number of aryl methyl sites for hydroxylation is 1. The molecule has 2 saturated heterocycles. The second-order valence-corrected chi connectivity index (χ2v) is 10.5. The molecular weight excluding hydrogens is 464 g/mol. The van der Waals surface area contributed by atoms with Crippen LogP contribution in [-0.4, -0.2) is 57.2 Å². The van der Waals surface area contributed by atoms with Crippen LogP contribution in [0.4, 0.5) is 29.0 Å². The number of pyridine rings is 1. The number of likely N-dealkylation sites (N-methyl/N-ethyl adjacent to an activating group) is 1. The van der Waals surface area contributed by atoms with E-state index in [0.29, 0.717) is 53.8 Å².